The molecule has 2 rings (SSSR count). The van der Waals surface area contributed by atoms with E-state index in [-0.39, 0.29) is 24.7 Å². The molecule has 1 unspecified atom stereocenters. The van der Waals surface area contributed by atoms with Gasteiger partial charge < -0.3 is 15.3 Å². The largest absolute Gasteiger partial charge is 0.388 e. The third kappa shape index (κ3) is 5.92. The van der Waals surface area contributed by atoms with Crippen molar-refractivity contribution in [1.29, 1.82) is 0 Å². The van der Waals surface area contributed by atoms with Crippen LogP contribution in [0.3, 0.4) is 0 Å². The Hall–Kier alpha value is -2.31. The molecule has 0 heterocycles. The zero-order chi connectivity index (χ0) is 18.4. The Bertz CT molecular complexity index is 735. The molecule has 134 valence electrons. The Morgan fingerprint density at radius 1 is 1.20 bits per heavy atom. The number of hydrogen-bond donors (Lipinski definition) is 2. The quantitative estimate of drug-likeness (QED) is 0.809. The summed E-state index contributed by atoms with van der Waals surface area (Å²) in [7, 11) is 3.70. The van der Waals surface area contributed by atoms with E-state index in [1.54, 1.807) is 18.2 Å². The molecular formula is C19H22F2N2O2. The minimum absolute atomic E-state index is 0.171. The summed E-state index contributed by atoms with van der Waals surface area (Å²) in [4.78, 5) is 13.8. The van der Waals surface area contributed by atoms with E-state index >= 15 is 0 Å². The highest BCUT2D eigenvalue weighted by Crippen LogP contribution is 2.17. The highest BCUT2D eigenvalue weighted by molar-refractivity contribution is 5.76. The molecule has 0 aromatic heterocycles. The van der Waals surface area contributed by atoms with E-state index in [1.165, 1.54) is 24.3 Å². The standard InChI is InChI=1S/C19H22F2N2O2/c1-23(2)12-15-8-13(6-7-17(15)21)11-22-19(25)10-18(24)14-4-3-5-16(20)9-14/h3-9,18,24H,10-12H2,1-2H3,(H,22,25). The number of amides is 1. The van der Waals surface area contributed by atoms with Crippen LogP contribution in [0.15, 0.2) is 42.5 Å². The molecule has 2 aromatic carbocycles. The fourth-order valence-electron chi connectivity index (χ4n) is 2.48. The van der Waals surface area contributed by atoms with E-state index < -0.39 is 11.9 Å². The molecular weight excluding hydrogens is 326 g/mol. The zero-order valence-corrected chi connectivity index (χ0v) is 14.3. The molecule has 0 aliphatic heterocycles. The molecule has 0 aliphatic carbocycles. The lowest BCUT2D eigenvalue weighted by molar-refractivity contribution is -0.123. The molecule has 0 aliphatic rings. The first-order chi connectivity index (χ1) is 11.8. The van der Waals surface area contributed by atoms with Gasteiger partial charge in [0.15, 0.2) is 0 Å². The minimum Gasteiger partial charge on any atom is -0.388 e. The van der Waals surface area contributed by atoms with Crippen molar-refractivity contribution in [2.24, 2.45) is 0 Å². The number of carbonyl (C=O) groups excluding carboxylic acids is 1. The molecule has 2 aromatic rings. The molecule has 0 radical (unpaired) electrons. The summed E-state index contributed by atoms with van der Waals surface area (Å²) >= 11 is 0. The van der Waals surface area contributed by atoms with Gasteiger partial charge in [0.05, 0.1) is 12.5 Å². The highest BCUT2D eigenvalue weighted by Gasteiger charge is 2.14. The first-order valence-electron chi connectivity index (χ1n) is 7.97. The van der Waals surface area contributed by atoms with Crippen LogP contribution in [0.5, 0.6) is 0 Å². The van der Waals surface area contributed by atoms with Crippen LogP contribution >= 0.6 is 0 Å². The molecule has 0 fully saturated rings. The Kier molecular flexibility index (Phi) is 6.61. The third-order valence-electron chi connectivity index (χ3n) is 3.70. The number of halogens is 2. The van der Waals surface area contributed by atoms with Crippen LogP contribution in [-0.4, -0.2) is 30.0 Å². The van der Waals surface area contributed by atoms with E-state index in [9.17, 15) is 18.7 Å². The fraction of sp³-hybridized carbons (Fsp3) is 0.316. The van der Waals surface area contributed by atoms with Gasteiger partial charge in [0.2, 0.25) is 5.91 Å². The van der Waals surface area contributed by atoms with Crippen LogP contribution in [0.4, 0.5) is 8.78 Å². The average molecular weight is 348 g/mol. The number of carbonyl (C=O) groups is 1. The molecule has 0 saturated heterocycles. The maximum absolute atomic E-state index is 13.7. The van der Waals surface area contributed by atoms with Gasteiger partial charge in [-0.1, -0.05) is 18.2 Å². The molecule has 2 N–H and O–H groups in total. The molecule has 0 spiro atoms. The monoisotopic (exact) mass is 348 g/mol. The second kappa shape index (κ2) is 8.69. The summed E-state index contributed by atoms with van der Waals surface area (Å²) in [5.74, 6) is -1.11. The van der Waals surface area contributed by atoms with Gasteiger partial charge in [0.1, 0.15) is 11.6 Å². The van der Waals surface area contributed by atoms with Crippen molar-refractivity contribution in [1.82, 2.24) is 10.2 Å². The lowest BCUT2D eigenvalue weighted by Gasteiger charge is -2.13. The molecule has 1 amide bonds. The van der Waals surface area contributed by atoms with Crippen LogP contribution in [0, 0.1) is 11.6 Å². The molecule has 6 heteroatoms. The predicted molar refractivity (Wildman–Crippen MR) is 91.6 cm³/mol. The van der Waals surface area contributed by atoms with Crippen molar-refractivity contribution in [3.63, 3.8) is 0 Å². The number of rotatable bonds is 7. The number of nitrogens with one attached hydrogen (secondary N) is 1. The summed E-state index contributed by atoms with van der Waals surface area (Å²) in [5, 5.41) is 12.7. The Labute approximate surface area is 146 Å². The fourth-order valence-corrected chi connectivity index (χ4v) is 2.48. The molecule has 0 saturated carbocycles. The van der Waals surface area contributed by atoms with E-state index in [1.807, 2.05) is 19.0 Å². The lowest BCUT2D eigenvalue weighted by Crippen LogP contribution is -2.24. The van der Waals surface area contributed by atoms with Crippen molar-refractivity contribution in [3.05, 3.63) is 70.8 Å². The summed E-state index contributed by atoms with van der Waals surface area (Å²) in [6, 6.07) is 10.2. The topological polar surface area (TPSA) is 52.6 Å². The van der Waals surface area contributed by atoms with Crippen LogP contribution in [0.25, 0.3) is 0 Å². The van der Waals surface area contributed by atoms with Crippen molar-refractivity contribution in [2.45, 2.75) is 25.6 Å². The summed E-state index contributed by atoms with van der Waals surface area (Å²) in [6.45, 7) is 0.696. The SMILES string of the molecule is CN(C)Cc1cc(CNC(=O)CC(O)c2cccc(F)c2)ccc1F. The number of aliphatic hydroxyl groups excluding tert-OH is 1. The van der Waals surface area contributed by atoms with Crippen LogP contribution in [0.2, 0.25) is 0 Å². The number of benzene rings is 2. The Morgan fingerprint density at radius 2 is 1.96 bits per heavy atom. The van der Waals surface area contributed by atoms with E-state index in [0.717, 1.165) is 5.56 Å². The summed E-state index contributed by atoms with van der Waals surface area (Å²) in [5.41, 5.74) is 1.67. The van der Waals surface area contributed by atoms with E-state index in [4.69, 9.17) is 0 Å². The molecule has 1 atom stereocenters. The van der Waals surface area contributed by atoms with Gasteiger partial charge >= 0.3 is 0 Å². The summed E-state index contributed by atoms with van der Waals surface area (Å²) in [6.07, 6.45) is -1.25. The molecule has 0 bridgehead atoms. The predicted octanol–water partition coefficient (Wildman–Crippen LogP) is 2.77. The maximum Gasteiger partial charge on any atom is 0.223 e. The van der Waals surface area contributed by atoms with Gasteiger partial charge in [-0.2, -0.15) is 0 Å². The summed E-state index contributed by atoms with van der Waals surface area (Å²) < 4.78 is 26.9. The van der Waals surface area contributed by atoms with Crippen molar-refractivity contribution in [3.8, 4) is 0 Å². The van der Waals surface area contributed by atoms with Crippen molar-refractivity contribution >= 4 is 5.91 Å². The number of nitrogens with zero attached hydrogens (tertiary/aromatic N) is 1. The van der Waals surface area contributed by atoms with Gasteiger partial charge in [0, 0.05) is 18.7 Å². The smallest absolute Gasteiger partial charge is 0.223 e. The second-order valence-electron chi connectivity index (χ2n) is 6.22. The first kappa shape index (κ1) is 19.0. The molecule has 25 heavy (non-hydrogen) atoms. The number of aliphatic hydroxyl groups is 1. The van der Waals surface area contributed by atoms with E-state index in [0.29, 0.717) is 17.7 Å². The highest BCUT2D eigenvalue weighted by atomic mass is 19.1. The minimum atomic E-state index is -1.08. The lowest BCUT2D eigenvalue weighted by atomic mass is 10.1. The van der Waals surface area contributed by atoms with Gasteiger partial charge in [0.25, 0.3) is 0 Å². The third-order valence-corrected chi connectivity index (χ3v) is 3.70. The normalized spacial score (nSPS) is 12.2. The van der Waals surface area contributed by atoms with Gasteiger partial charge in [-0.15, -0.1) is 0 Å². The van der Waals surface area contributed by atoms with Crippen LogP contribution in [0.1, 0.15) is 29.2 Å². The van der Waals surface area contributed by atoms with Gasteiger partial charge in [-0.3, -0.25) is 4.79 Å². The van der Waals surface area contributed by atoms with Crippen LogP contribution < -0.4 is 5.32 Å². The van der Waals surface area contributed by atoms with E-state index in [2.05, 4.69) is 5.32 Å². The Morgan fingerprint density at radius 3 is 2.64 bits per heavy atom. The van der Waals surface area contributed by atoms with Crippen molar-refractivity contribution < 1.29 is 18.7 Å². The van der Waals surface area contributed by atoms with Crippen LogP contribution in [-0.2, 0) is 17.9 Å². The van der Waals surface area contributed by atoms with Gasteiger partial charge in [-0.05, 0) is 49.5 Å². The average Bonchev–Trinajstić information content (AvgIpc) is 2.55. The maximum atomic E-state index is 13.7. The number of hydrogen-bond acceptors (Lipinski definition) is 3. The van der Waals surface area contributed by atoms with Gasteiger partial charge in [-0.25, -0.2) is 8.78 Å². The first-order valence-corrected chi connectivity index (χ1v) is 7.97. The second-order valence-corrected chi connectivity index (χ2v) is 6.22. The zero-order valence-electron chi connectivity index (χ0n) is 14.3. The van der Waals surface area contributed by atoms with Crippen molar-refractivity contribution in [2.75, 3.05) is 14.1 Å². The Balaban J connectivity index is 1.91. The molecule has 4 nitrogen and oxygen atoms in total.